The molecule has 0 N–H and O–H groups in total. The van der Waals surface area contributed by atoms with E-state index in [4.69, 9.17) is 0 Å². The van der Waals surface area contributed by atoms with Crippen molar-refractivity contribution in [2.45, 2.75) is 33.1 Å². The summed E-state index contributed by atoms with van der Waals surface area (Å²) in [5, 5.41) is 0. The molecule has 1 heteroatoms. The Balaban J connectivity index is 0.000000791. The first-order valence-corrected chi connectivity index (χ1v) is 5.05. The van der Waals surface area contributed by atoms with Gasteiger partial charge in [0.15, 0.2) is 0 Å². The number of hydrogen-bond donors (Lipinski definition) is 0. The predicted octanol–water partition coefficient (Wildman–Crippen LogP) is 4.14. The van der Waals surface area contributed by atoms with E-state index in [-0.39, 0.29) is 5.82 Å². The third-order valence-electron chi connectivity index (χ3n) is 2.07. The molecule has 1 aromatic carbocycles. The van der Waals surface area contributed by atoms with Gasteiger partial charge in [-0.3, -0.25) is 0 Å². The summed E-state index contributed by atoms with van der Waals surface area (Å²) in [6, 6.07) is 5.08. The fourth-order valence-corrected chi connectivity index (χ4v) is 1.44. The number of hydrogen-bond acceptors (Lipinski definition) is 0. The van der Waals surface area contributed by atoms with Crippen molar-refractivity contribution in [3.8, 4) is 0 Å². The van der Waals surface area contributed by atoms with Crippen LogP contribution in [0.4, 0.5) is 4.39 Å². The van der Waals surface area contributed by atoms with Gasteiger partial charge in [0, 0.05) is 0 Å². The maximum atomic E-state index is 12.8. The van der Waals surface area contributed by atoms with Crippen LogP contribution >= 0.6 is 0 Å². The zero-order valence-corrected chi connectivity index (χ0v) is 9.15. The van der Waals surface area contributed by atoms with Gasteiger partial charge in [-0.25, -0.2) is 4.39 Å². The van der Waals surface area contributed by atoms with Gasteiger partial charge in [0.25, 0.3) is 0 Å². The Kier molecular flexibility index (Phi) is 6.73. The van der Waals surface area contributed by atoms with Gasteiger partial charge in [-0.2, -0.15) is 0 Å². The Labute approximate surface area is 86.5 Å². The molecule has 1 rings (SSSR count). The Morgan fingerprint density at radius 3 is 2.29 bits per heavy atom. The summed E-state index contributed by atoms with van der Waals surface area (Å²) in [5.41, 5.74) is 2.44. The Bertz CT molecular complexity index is 266. The van der Waals surface area contributed by atoms with E-state index in [0.717, 1.165) is 19.3 Å². The van der Waals surface area contributed by atoms with Crippen LogP contribution < -0.4 is 0 Å². The quantitative estimate of drug-likeness (QED) is 0.634. The highest BCUT2D eigenvalue weighted by molar-refractivity contribution is 5.27. The molecule has 1 aromatic rings. The van der Waals surface area contributed by atoms with E-state index in [1.54, 1.807) is 6.07 Å². The first-order valence-electron chi connectivity index (χ1n) is 5.05. The van der Waals surface area contributed by atoms with E-state index in [0.29, 0.717) is 0 Å². The SMILES string of the molecule is C=C.CCCc1cc(F)ccc1CC. The molecule has 0 spiro atoms. The van der Waals surface area contributed by atoms with Gasteiger partial charge in [0.05, 0.1) is 0 Å². The van der Waals surface area contributed by atoms with E-state index in [2.05, 4.69) is 27.0 Å². The van der Waals surface area contributed by atoms with Crippen molar-refractivity contribution >= 4 is 0 Å². The lowest BCUT2D eigenvalue weighted by molar-refractivity contribution is 0.623. The van der Waals surface area contributed by atoms with Crippen LogP contribution in [0.25, 0.3) is 0 Å². The Morgan fingerprint density at radius 1 is 1.14 bits per heavy atom. The van der Waals surface area contributed by atoms with E-state index in [9.17, 15) is 4.39 Å². The summed E-state index contributed by atoms with van der Waals surface area (Å²) in [7, 11) is 0. The zero-order valence-electron chi connectivity index (χ0n) is 9.15. The van der Waals surface area contributed by atoms with E-state index in [1.165, 1.54) is 17.2 Å². The molecule has 0 nitrogen and oxygen atoms in total. The second-order valence-corrected chi connectivity index (χ2v) is 3.02. The summed E-state index contributed by atoms with van der Waals surface area (Å²) in [6.07, 6.45) is 3.06. The van der Waals surface area contributed by atoms with Crippen LogP contribution in [0.3, 0.4) is 0 Å². The molecule has 0 saturated heterocycles. The van der Waals surface area contributed by atoms with Crippen molar-refractivity contribution in [1.29, 1.82) is 0 Å². The molecule has 0 heterocycles. The topological polar surface area (TPSA) is 0 Å². The summed E-state index contributed by atoms with van der Waals surface area (Å²) < 4.78 is 12.8. The maximum absolute atomic E-state index is 12.8. The van der Waals surface area contributed by atoms with Crippen molar-refractivity contribution in [3.63, 3.8) is 0 Å². The molecule has 0 amide bonds. The largest absolute Gasteiger partial charge is 0.207 e. The van der Waals surface area contributed by atoms with Gasteiger partial charge in [0.1, 0.15) is 5.82 Å². The lowest BCUT2D eigenvalue weighted by Gasteiger charge is -2.05. The van der Waals surface area contributed by atoms with E-state index in [1.807, 2.05) is 6.07 Å². The van der Waals surface area contributed by atoms with Gasteiger partial charge in [0.2, 0.25) is 0 Å². The Morgan fingerprint density at radius 2 is 1.79 bits per heavy atom. The van der Waals surface area contributed by atoms with E-state index >= 15 is 0 Å². The lowest BCUT2D eigenvalue weighted by atomic mass is 10.0. The molecule has 78 valence electrons. The third-order valence-corrected chi connectivity index (χ3v) is 2.07. The van der Waals surface area contributed by atoms with E-state index < -0.39 is 0 Å². The van der Waals surface area contributed by atoms with Crippen LogP contribution in [-0.4, -0.2) is 0 Å². The van der Waals surface area contributed by atoms with Gasteiger partial charge in [-0.1, -0.05) is 26.3 Å². The molecule has 0 aliphatic carbocycles. The molecule has 0 radical (unpaired) electrons. The van der Waals surface area contributed by atoms with Crippen molar-refractivity contribution in [1.82, 2.24) is 0 Å². The van der Waals surface area contributed by atoms with Crippen LogP contribution in [-0.2, 0) is 12.8 Å². The average molecular weight is 194 g/mol. The average Bonchev–Trinajstić information content (AvgIpc) is 2.22. The van der Waals surface area contributed by atoms with Crippen LogP contribution in [0.2, 0.25) is 0 Å². The zero-order chi connectivity index (χ0) is 11.0. The second kappa shape index (κ2) is 7.31. The summed E-state index contributed by atoms with van der Waals surface area (Å²) in [5.74, 6) is -0.115. The highest BCUT2D eigenvalue weighted by atomic mass is 19.1. The summed E-state index contributed by atoms with van der Waals surface area (Å²) in [6.45, 7) is 10.2. The normalized spacial score (nSPS) is 9.07. The predicted molar refractivity (Wildman–Crippen MR) is 61.0 cm³/mol. The monoisotopic (exact) mass is 194 g/mol. The minimum atomic E-state index is -0.115. The molecule has 0 aliphatic heterocycles. The number of benzene rings is 1. The summed E-state index contributed by atoms with van der Waals surface area (Å²) >= 11 is 0. The second-order valence-electron chi connectivity index (χ2n) is 3.02. The highest BCUT2D eigenvalue weighted by Gasteiger charge is 2.00. The molecule has 0 fully saturated rings. The molecule has 0 unspecified atom stereocenters. The van der Waals surface area contributed by atoms with Crippen LogP contribution in [0.5, 0.6) is 0 Å². The van der Waals surface area contributed by atoms with Gasteiger partial charge in [-0.15, -0.1) is 13.2 Å². The van der Waals surface area contributed by atoms with Gasteiger partial charge in [-0.05, 0) is 36.1 Å². The van der Waals surface area contributed by atoms with Crippen LogP contribution in [0, 0.1) is 5.82 Å². The lowest BCUT2D eigenvalue weighted by Crippen LogP contribution is -1.93. The van der Waals surface area contributed by atoms with Crippen molar-refractivity contribution in [2.24, 2.45) is 0 Å². The smallest absolute Gasteiger partial charge is 0.123 e. The minimum absolute atomic E-state index is 0.115. The van der Waals surface area contributed by atoms with Gasteiger partial charge < -0.3 is 0 Å². The summed E-state index contributed by atoms with van der Waals surface area (Å²) in [4.78, 5) is 0. The standard InChI is InChI=1S/C11H15F.C2H4/c1-3-5-10-8-11(12)7-6-9(10)4-2;1-2/h6-8H,3-5H2,1-2H3;1-2H2. The molecule has 0 aromatic heterocycles. The molecule has 0 saturated carbocycles. The van der Waals surface area contributed by atoms with Crippen LogP contribution in [0.15, 0.2) is 31.4 Å². The maximum Gasteiger partial charge on any atom is 0.123 e. The van der Waals surface area contributed by atoms with Crippen molar-refractivity contribution < 1.29 is 4.39 Å². The van der Waals surface area contributed by atoms with Crippen molar-refractivity contribution in [3.05, 3.63) is 48.3 Å². The molecule has 0 aliphatic rings. The minimum Gasteiger partial charge on any atom is -0.207 e. The molecular formula is C13H19F. The van der Waals surface area contributed by atoms with Crippen LogP contribution in [0.1, 0.15) is 31.4 Å². The first kappa shape index (κ1) is 12.9. The van der Waals surface area contributed by atoms with Gasteiger partial charge >= 0.3 is 0 Å². The first-order chi connectivity index (χ1) is 6.77. The fourth-order valence-electron chi connectivity index (χ4n) is 1.44. The van der Waals surface area contributed by atoms with Crippen molar-refractivity contribution in [2.75, 3.05) is 0 Å². The number of aryl methyl sites for hydroxylation is 2. The fraction of sp³-hybridized carbons (Fsp3) is 0.385. The highest BCUT2D eigenvalue weighted by Crippen LogP contribution is 2.13. The number of rotatable bonds is 3. The molecular weight excluding hydrogens is 175 g/mol. The Hall–Kier alpha value is -1.11. The molecule has 0 bridgehead atoms. The number of halogens is 1. The third kappa shape index (κ3) is 3.73. The molecule has 14 heavy (non-hydrogen) atoms. The molecule has 0 atom stereocenters.